The Balaban J connectivity index is 0.000000291. The molecule has 0 radical (unpaired) electrons. The number of thioether (sulfide) groups is 2. The molecule has 0 bridgehead atoms. The van der Waals surface area contributed by atoms with Crippen LogP contribution in [-0.4, -0.2) is 153 Å². The number of piperazine rings is 1. The van der Waals surface area contributed by atoms with Gasteiger partial charge in [-0.1, -0.05) is 116 Å². The summed E-state index contributed by atoms with van der Waals surface area (Å²) in [6.45, 7) is 51.0. The maximum Gasteiger partial charge on any atom is 0.220 e. The van der Waals surface area contributed by atoms with Crippen molar-refractivity contribution in [3.63, 3.8) is 0 Å². The second kappa shape index (κ2) is 50.7. The van der Waals surface area contributed by atoms with Crippen LogP contribution < -0.4 is 10.2 Å². The van der Waals surface area contributed by atoms with Crippen molar-refractivity contribution in [2.45, 2.75) is 201 Å². The summed E-state index contributed by atoms with van der Waals surface area (Å²) in [5.41, 5.74) is 7.16. The topological polar surface area (TPSA) is 171 Å². The van der Waals surface area contributed by atoms with Gasteiger partial charge in [0, 0.05) is 53.4 Å². The fourth-order valence-corrected chi connectivity index (χ4v) is 14.0. The summed E-state index contributed by atoms with van der Waals surface area (Å²) in [6, 6.07) is 29.1. The van der Waals surface area contributed by atoms with Gasteiger partial charge in [-0.25, -0.2) is 15.0 Å². The van der Waals surface area contributed by atoms with Crippen molar-refractivity contribution in [3.05, 3.63) is 163 Å². The lowest BCUT2D eigenvalue weighted by atomic mass is 9.78. The highest BCUT2D eigenvalue weighted by atomic mass is 32.2. The normalized spacial score (nSPS) is 21.5. The number of nitrogens with zero attached hydrogens (tertiary/aromatic N) is 10. The van der Waals surface area contributed by atoms with Gasteiger partial charge in [0.1, 0.15) is 22.9 Å². The zero-order valence-electron chi connectivity index (χ0n) is 67.2. The molecule has 14 rings (SSSR count). The van der Waals surface area contributed by atoms with E-state index in [1.165, 1.54) is 136 Å². The molecule has 6 fully saturated rings. The van der Waals surface area contributed by atoms with Gasteiger partial charge in [-0.3, -0.25) is 4.79 Å². The van der Waals surface area contributed by atoms with Crippen molar-refractivity contribution < 1.29 is 23.0 Å². The van der Waals surface area contributed by atoms with Gasteiger partial charge in [0.15, 0.2) is 35.2 Å². The number of fused-ring (bicyclic) bond motifs is 2. The first-order valence-corrected chi connectivity index (χ1v) is 40.0. The van der Waals surface area contributed by atoms with Crippen LogP contribution >= 0.6 is 34.9 Å². The van der Waals surface area contributed by atoms with E-state index in [1.807, 2.05) is 108 Å². The van der Waals surface area contributed by atoms with E-state index in [2.05, 4.69) is 195 Å². The summed E-state index contributed by atoms with van der Waals surface area (Å²) in [5.74, 6) is 14.5. The van der Waals surface area contributed by atoms with Crippen LogP contribution in [0.25, 0.3) is 22.5 Å². The number of oxazole rings is 1. The fourth-order valence-electron chi connectivity index (χ4n) is 10.8. The van der Waals surface area contributed by atoms with Crippen LogP contribution in [0.4, 0.5) is 0 Å². The summed E-state index contributed by atoms with van der Waals surface area (Å²) in [7, 11) is 8.04. The minimum atomic E-state index is -0.0828. The van der Waals surface area contributed by atoms with E-state index in [0.29, 0.717) is 23.3 Å². The van der Waals surface area contributed by atoms with Gasteiger partial charge >= 0.3 is 0 Å². The number of piperidine rings is 1. The Morgan fingerprint density at radius 3 is 1.23 bits per heavy atom. The van der Waals surface area contributed by atoms with Crippen molar-refractivity contribution >= 4 is 46.0 Å². The molecule has 0 atom stereocenters. The minimum absolute atomic E-state index is 0.0196. The number of likely N-dealkylation sites (N-methyl/N-ethyl adjacent to an activating group) is 2. The van der Waals surface area contributed by atoms with Gasteiger partial charge in [0.05, 0.1) is 31.7 Å². The van der Waals surface area contributed by atoms with Crippen LogP contribution in [-0.2, 0) is 9.47 Å². The number of aryl methyl sites for hydroxylation is 11. The van der Waals surface area contributed by atoms with Crippen molar-refractivity contribution in [1.82, 2.24) is 50.0 Å². The number of benzene rings is 1. The zero-order valence-corrected chi connectivity index (χ0v) is 69.7. The molecule has 2 aromatic carbocycles. The highest BCUT2D eigenvalue weighted by molar-refractivity contribution is 8.17. The predicted molar refractivity (Wildman–Crippen MR) is 434 cm³/mol. The van der Waals surface area contributed by atoms with E-state index in [0.717, 1.165) is 105 Å². The molecule has 4 saturated heterocycles. The number of ether oxygens (including phenoxy) is 3. The van der Waals surface area contributed by atoms with E-state index in [4.69, 9.17) is 23.0 Å². The molecular weight excluding hydrogens is 1330 g/mol. The number of likely N-dealkylation sites (tertiary alicyclic amines) is 1. The number of methoxy groups -OCH3 is 1. The Hall–Kier alpha value is -5.64. The molecule has 2 saturated carbocycles. The molecule has 102 heavy (non-hydrogen) atoms. The van der Waals surface area contributed by atoms with E-state index in [-0.39, 0.29) is 11.7 Å². The number of hydrogen-bond donors (Lipinski definition) is 0. The van der Waals surface area contributed by atoms with Gasteiger partial charge < -0.3 is 37.7 Å². The van der Waals surface area contributed by atoms with Crippen molar-refractivity contribution in [2.75, 3.05) is 92.2 Å². The van der Waals surface area contributed by atoms with Crippen LogP contribution in [0.1, 0.15) is 175 Å². The van der Waals surface area contributed by atoms with E-state index < -0.39 is 0 Å². The molecule has 8 aliphatic rings. The number of imidazole rings is 1. The summed E-state index contributed by atoms with van der Waals surface area (Å²) in [5, 5.41) is 14.6. The van der Waals surface area contributed by atoms with Crippen molar-refractivity contribution in [2.24, 2.45) is 41.4 Å². The molecule has 16 nitrogen and oxygen atoms in total. The average molecular weight is 1460 g/mol. The van der Waals surface area contributed by atoms with Gasteiger partial charge in [0.25, 0.3) is 0 Å². The molecule has 0 N–H and O–H groups in total. The standard InChI is InChI=1S/C10H10N2.C9H9NO.C9H10O2.C8H16.C7H15N.C6H14N2.C6H12O2.C6H8O.C6H12S2.C6H8S.C6H12.C4H6N4/c1-7-3-5-9-10(6-4-7)12-8(2)11-9;1-6-3-4-8-9(5-6)11-7(2)10-8;1-7-3-5-8(10)9(11-2)6-4-7;3*1-7-3-5-8(2)6-4-7;1-5-3-7-6(2)8-4-5;1-5-3-4-6(2)7-5;1-5-3-7-6(2)8-4-5;1-5-3-4-6(2)7-5;1-5-3-6(2)4-5;1-3-5-7-4(2)8-6-3/h3-6H,1-2H3;3-5H,1-2H3;3-6H,1-2H3;7-8H,3-6H2,1-2H3;7H,3-6H2,1-2H3;3-6H2,1-2H3;5-6H,3-4H2,1-2H3;3-4H,1-2H3;5-6H,3-4H2,1-2H3;3-4H,1-2H3;5-6H,3-4H2,1-2H3;1-2H3. The SMILES string of the molecule is CC1CC(C)C1.CC1CCC(C)CC1.CC1CCN(C)CC1.CC1COC(C)OC1.CC1CSC(C)SC1.CN1CCN(C)CC1.COc1ccc(C)ccc1=O.Cc1ccc(C)o1.Cc1ccc(C)s1.Cc1ccc2nc(C)nc-2cc1.Cc1ccc2nc(C)oc2c1.Cc1nnc(C)nn1. The molecule has 19 heteroatoms. The summed E-state index contributed by atoms with van der Waals surface area (Å²) < 4.78 is 26.5. The summed E-state index contributed by atoms with van der Waals surface area (Å²) in [6.07, 6.45) is 11.7. The number of furan rings is 1. The van der Waals surface area contributed by atoms with Gasteiger partial charge in [0.2, 0.25) is 5.43 Å². The molecule has 6 aromatic rings. The third-order valence-corrected chi connectivity index (χ3v) is 21.7. The average Bonchev–Trinajstić information content (AvgIpc) is 1.70. The Bertz CT molecular complexity index is 3170. The fraction of sp³-hybridized carbons (Fsp3) is 0.614. The zero-order chi connectivity index (χ0) is 75.7. The van der Waals surface area contributed by atoms with Gasteiger partial charge in [-0.15, -0.1) is 55.3 Å². The summed E-state index contributed by atoms with van der Waals surface area (Å²) in [4.78, 5) is 33.8. The molecule has 9 heterocycles. The Kier molecular flexibility index (Phi) is 45.1. The van der Waals surface area contributed by atoms with Crippen molar-refractivity contribution in [1.29, 1.82) is 0 Å². The second-order valence-corrected chi connectivity index (χ2v) is 33.7. The summed E-state index contributed by atoms with van der Waals surface area (Å²) >= 11 is 6.02. The van der Waals surface area contributed by atoms with Gasteiger partial charge in [-0.2, -0.15) is 0 Å². The number of rotatable bonds is 1. The Morgan fingerprint density at radius 2 is 0.853 bits per heavy atom. The second-order valence-electron chi connectivity index (χ2n) is 29.1. The highest BCUT2D eigenvalue weighted by Crippen LogP contribution is 2.33. The van der Waals surface area contributed by atoms with Crippen LogP contribution in [0.3, 0.4) is 0 Å². The maximum absolute atomic E-state index is 11.1. The van der Waals surface area contributed by atoms with Crippen LogP contribution in [0.2, 0.25) is 0 Å². The number of aromatic nitrogens is 7. The molecule has 568 valence electrons. The third-order valence-electron chi connectivity index (χ3n) is 17.5. The van der Waals surface area contributed by atoms with Crippen LogP contribution in [0.15, 0.2) is 105 Å². The number of thiophene rings is 1. The van der Waals surface area contributed by atoms with Gasteiger partial charge in [-0.05, 0) is 256 Å². The lowest BCUT2D eigenvalue weighted by Crippen LogP contribution is -2.42. The Labute approximate surface area is 629 Å². The number of hydrogen-bond acceptors (Lipinski definition) is 19. The molecule has 0 spiro atoms. The quantitative estimate of drug-likeness (QED) is 0.152. The minimum Gasteiger partial charge on any atom is -0.493 e. The maximum atomic E-state index is 11.1. The van der Waals surface area contributed by atoms with E-state index >= 15 is 0 Å². The molecule has 0 amide bonds. The lowest BCUT2D eigenvalue weighted by molar-refractivity contribution is -0.187. The van der Waals surface area contributed by atoms with E-state index in [9.17, 15) is 4.79 Å². The van der Waals surface area contributed by atoms with Crippen LogP contribution in [0.5, 0.6) is 5.75 Å². The largest absolute Gasteiger partial charge is 0.493 e. The molecule has 3 aliphatic carbocycles. The molecular formula is C83H132N10O6S3. The monoisotopic (exact) mass is 1460 g/mol. The smallest absolute Gasteiger partial charge is 0.220 e. The molecule has 0 unspecified atom stereocenters. The Morgan fingerprint density at radius 1 is 0.431 bits per heavy atom. The first-order valence-electron chi connectivity index (χ1n) is 37.1. The molecule has 4 aromatic heterocycles. The lowest BCUT2D eigenvalue weighted by Gasteiger charge is -2.28. The predicted octanol–water partition coefficient (Wildman–Crippen LogP) is 19.7. The highest BCUT2D eigenvalue weighted by Gasteiger charge is 2.20. The first-order chi connectivity index (χ1) is 48.3. The van der Waals surface area contributed by atoms with Crippen LogP contribution in [0, 0.1) is 118 Å². The third kappa shape index (κ3) is 42.3. The van der Waals surface area contributed by atoms with Crippen molar-refractivity contribution in [3.8, 4) is 17.1 Å². The first kappa shape index (κ1) is 90.6. The molecule has 5 aliphatic heterocycles. The van der Waals surface area contributed by atoms with E-state index in [1.54, 1.807) is 26.0 Å².